The van der Waals surface area contributed by atoms with Crippen LogP contribution in [0.4, 0.5) is 10.1 Å². The number of rotatable bonds is 3. The average molecular weight is 297 g/mol. The van der Waals surface area contributed by atoms with E-state index >= 15 is 0 Å². The summed E-state index contributed by atoms with van der Waals surface area (Å²) in [5.74, 6) is -0.681. The van der Waals surface area contributed by atoms with E-state index in [1.807, 2.05) is 0 Å². The third-order valence-electron chi connectivity index (χ3n) is 3.39. The van der Waals surface area contributed by atoms with Gasteiger partial charge < -0.3 is 10.1 Å². The fourth-order valence-electron chi connectivity index (χ4n) is 2.29. The largest absolute Gasteiger partial charge is 0.497 e. The minimum Gasteiger partial charge on any atom is -0.497 e. The van der Waals surface area contributed by atoms with Gasteiger partial charge in [0, 0.05) is 16.8 Å². The first-order chi connectivity index (χ1) is 10.6. The first-order valence-electron chi connectivity index (χ1n) is 6.60. The zero-order valence-corrected chi connectivity index (χ0v) is 11.7. The SMILES string of the molecule is COc1cccc(C(=O)C=C2C(=O)Nc3ccc(F)cc32)c1. The second-order valence-corrected chi connectivity index (χ2v) is 4.80. The van der Waals surface area contributed by atoms with Crippen molar-refractivity contribution in [3.63, 3.8) is 0 Å². The van der Waals surface area contributed by atoms with E-state index in [1.165, 1.54) is 31.4 Å². The third-order valence-corrected chi connectivity index (χ3v) is 3.39. The van der Waals surface area contributed by atoms with Gasteiger partial charge >= 0.3 is 0 Å². The lowest BCUT2D eigenvalue weighted by Gasteiger charge is -2.02. The number of methoxy groups -OCH3 is 1. The molecule has 0 fully saturated rings. The highest BCUT2D eigenvalue weighted by Gasteiger charge is 2.25. The van der Waals surface area contributed by atoms with Crippen LogP contribution in [-0.4, -0.2) is 18.8 Å². The van der Waals surface area contributed by atoms with Crippen LogP contribution in [0.5, 0.6) is 5.75 Å². The number of ether oxygens (including phenoxy) is 1. The minimum absolute atomic E-state index is 0.155. The van der Waals surface area contributed by atoms with E-state index < -0.39 is 11.7 Å². The van der Waals surface area contributed by atoms with Crippen molar-refractivity contribution in [2.75, 3.05) is 12.4 Å². The van der Waals surface area contributed by atoms with E-state index in [4.69, 9.17) is 4.74 Å². The Bertz CT molecular complexity index is 811. The number of hydrogen-bond acceptors (Lipinski definition) is 3. The van der Waals surface area contributed by atoms with Crippen molar-refractivity contribution in [1.29, 1.82) is 0 Å². The number of fused-ring (bicyclic) bond motifs is 1. The maximum Gasteiger partial charge on any atom is 0.256 e. The van der Waals surface area contributed by atoms with Gasteiger partial charge in [0.1, 0.15) is 11.6 Å². The minimum atomic E-state index is -0.463. The molecule has 0 spiro atoms. The summed E-state index contributed by atoms with van der Waals surface area (Å²) in [6.45, 7) is 0. The molecule has 1 N–H and O–H groups in total. The number of allylic oxidation sites excluding steroid dienone is 1. The first kappa shape index (κ1) is 14.0. The Morgan fingerprint density at radius 2 is 2.05 bits per heavy atom. The van der Waals surface area contributed by atoms with Gasteiger partial charge in [0.05, 0.1) is 12.7 Å². The van der Waals surface area contributed by atoms with Crippen LogP contribution >= 0.6 is 0 Å². The lowest BCUT2D eigenvalue weighted by molar-refractivity contribution is -0.110. The molecule has 0 saturated carbocycles. The van der Waals surface area contributed by atoms with Crippen LogP contribution in [0.2, 0.25) is 0 Å². The Hall–Kier alpha value is -2.95. The van der Waals surface area contributed by atoms with Gasteiger partial charge in [-0.25, -0.2) is 4.39 Å². The van der Waals surface area contributed by atoms with Gasteiger partial charge in [-0.15, -0.1) is 0 Å². The Morgan fingerprint density at radius 1 is 1.23 bits per heavy atom. The number of carbonyl (C=O) groups excluding carboxylic acids is 2. The molecule has 0 radical (unpaired) electrons. The number of ketones is 1. The molecule has 4 nitrogen and oxygen atoms in total. The molecule has 0 saturated heterocycles. The first-order valence-corrected chi connectivity index (χ1v) is 6.60. The Labute approximate surface area is 126 Å². The summed E-state index contributed by atoms with van der Waals surface area (Å²) in [7, 11) is 1.51. The smallest absolute Gasteiger partial charge is 0.256 e. The fourth-order valence-corrected chi connectivity index (χ4v) is 2.29. The van der Waals surface area contributed by atoms with Crippen molar-refractivity contribution in [3.05, 3.63) is 65.5 Å². The second-order valence-electron chi connectivity index (χ2n) is 4.80. The molecule has 0 atom stereocenters. The predicted octanol–water partition coefficient (Wildman–Crippen LogP) is 3.05. The molecular formula is C17H12FNO3. The maximum absolute atomic E-state index is 13.4. The molecule has 0 unspecified atom stereocenters. The van der Waals surface area contributed by atoms with Crippen molar-refractivity contribution in [1.82, 2.24) is 0 Å². The molecule has 1 amide bonds. The van der Waals surface area contributed by atoms with Gasteiger partial charge in [0.2, 0.25) is 0 Å². The Morgan fingerprint density at radius 3 is 2.82 bits per heavy atom. The molecule has 3 rings (SSSR count). The fraction of sp³-hybridized carbons (Fsp3) is 0.0588. The average Bonchev–Trinajstić information content (AvgIpc) is 2.83. The van der Waals surface area contributed by atoms with Crippen LogP contribution in [0.25, 0.3) is 5.57 Å². The molecule has 5 heteroatoms. The number of anilines is 1. The lowest BCUT2D eigenvalue weighted by Crippen LogP contribution is -2.06. The van der Waals surface area contributed by atoms with Crippen LogP contribution in [0.1, 0.15) is 15.9 Å². The van der Waals surface area contributed by atoms with Crippen molar-refractivity contribution >= 4 is 23.0 Å². The Kier molecular flexibility index (Phi) is 3.47. The zero-order chi connectivity index (χ0) is 15.7. The van der Waals surface area contributed by atoms with Crippen molar-refractivity contribution < 1.29 is 18.7 Å². The van der Waals surface area contributed by atoms with Crippen LogP contribution in [-0.2, 0) is 4.79 Å². The molecule has 2 aromatic rings. The van der Waals surface area contributed by atoms with Crippen molar-refractivity contribution in [2.24, 2.45) is 0 Å². The van der Waals surface area contributed by atoms with Crippen LogP contribution in [0, 0.1) is 5.82 Å². The number of halogens is 1. The highest BCUT2D eigenvalue weighted by Crippen LogP contribution is 2.32. The van der Waals surface area contributed by atoms with Crippen LogP contribution < -0.4 is 10.1 Å². The summed E-state index contributed by atoms with van der Waals surface area (Å²) >= 11 is 0. The standard InChI is InChI=1S/C17H12FNO3/c1-22-12-4-2-3-10(7-12)16(20)9-14-13-8-11(18)5-6-15(13)19-17(14)21/h2-9H,1H3,(H,19,21). The summed E-state index contributed by atoms with van der Waals surface area (Å²) in [5, 5.41) is 2.60. The molecule has 0 aliphatic carbocycles. The lowest BCUT2D eigenvalue weighted by atomic mass is 10.0. The van der Waals surface area contributed by atoms with Gasteiger partial charge in [-0.05, 0) is 36.4 Å². The van der Waals surface area contributed by atoms with E-state index in [2.05, 4.69) is 5.32 Å². The molecule has 22 heavy (non-hydrogen) atoms. The molecular weight excluding hydrogens is 285 g/mol. The summed E-state index contributed by atoms with van der Waals surface area (Å²) in [4.78, 5) is 24.3. The molecule has 2 aromatic carbocycles. The third kappa shape index (κ3) is 2.48. The van der Waals surface area contributed by atoms with E-state index in [1.54, 1.807) is 24.3 Å². The summed E-state index contributed by atoms with van der Waals surface area (Å²) in [6, 6.07) is 10.6. The van der Waals surface area contributed by atoms with E-state index in [0.717, 1.165) is 0 Å². The highest BCUT2D eigenvalue weighted by atomic mass is 19.1. The Balaban J connectivity index is 2.00. The number of carbonyl (C=O) groups is 2. The summed E-state index contributed by atoms with van der Waals surface area (Å²) < 4.78 is 18.4. The van der Waals surface area contributed by atoms with Gasteiger partial charge in [-0.1, -0.05) is 12.1 Å². The van der Waals surface area contributed by atoms with Gasteiger partial charge in [-0.3, -0.25) is 9.59 Å². The molecule has 110 valence electrons. The molecule has 1 aliphatic heterocycles. The topological polar surface area (TPSA) is 55.4 Å². The zero-order valence-electron chi connectivity index (χ0n) is 11.7. The number of amides is 1. The number of nitrogens with one attached hydrogen (secondary N) is 1. The molecule has 1 aliphatic rings. The van der Waals surface area contributed by atoms with Crippen molar-refractivity contribution in [2.45, 2.75) is 0 Å². The monoisotopic (exact) mass is 297 g/mol. The molecule has 1 heterocycles. The number of hydrogen-bond donors (Lipinski definition) is 1. The van der Waals surface area contributed by atoms with Gasteiger partial charge in [0.25, 0.3) is 5.91 Å². The number of benzene rings is 2. The van der Waals surface area contributed by atoms with Crippen molar-refractivity contribution in [3.8, 4) is 5.75 Å². The summed E-state index contributed by atoms with van der Waals surface area (Å²) in [5.41, 5.74) is 1.43. The van der Waals surface area contributed by atoms with Crippen LogP contribution in [0.15, 0.2) is 48.5 Å². The van der Waals surface area contributed by atoms with E-state index in [9.17, 15) is 14.0 Å². The predicted molar refractivity (Wildman–Crippen MR) is 80.3 cm³/mol. The van der Waals surface area contributed by atoms with E-state index in [0.29, 0.717) is 22.6 Å². The van der Waals surface area contributed by atoms with Gasteiger partial charge in [-0.2, -0.15) is 0 Å². The van der Waals surface area contributed by atoms with Gasteiger partial charge in [0.15, 0.2) is 5.78 Å². The second kappa shape index (κ2) is 5.44. The van der Waals surface area contributed by atoms with Crippen LogP contribution in [0.3, 0.4) is 0 Å². The molecule has 0 bridgehead atoms. The van der Waals surface area contributed by atoms with E-state index in [-0.39, 0.29) is 11.4 Å². The summed E-state index contributed by atoms with van der Waals surface area (Å²) in [6.07, 6.45) is 1.22. The molecule has 0 aromatic heterocycles. The highest BCUT2D eigenvalue weighted by molar-refractivity contribution is 6.35. The normalized spacial score (nSPS) is 14.6. The quantitative estimate of drug-likeness (QED) is 0.700. The maximum atomic E-state index is 13.4.